The van der Waals surface area contributed by atoms with Crippen LogP contribution in [0.5, 0.6) is 0 Å². The van der Waals surface area contributed by atoms with Crippen LogP contribution in [0.1, 0.15) is 30.1 Å². The number of hydrogen-bond donors (Lipinski definition) is 2. The predicted octanol–water partition coefficient (Wildman–Crippen LogP) is 1.63. The third kappa shape index (κ3) is 3.33. The zero-order valence-corrected chi connectivity index (χ0v) is 13.0. The number of aromatic nitrogens is 3. The van der Waals surface area contributed by atoms with Gasteiger partial charge >= 0.3 is 0 Å². The lowest BCUT2D eigenvalue weighted by Gasteiger charge is -2.12. The summed E-state index contributed by atoms with van der Waals surface area (Å²) in [6.45, 7) is 5.40. The molecular weight excluding hydrogens is 278 g/mol. The number of carbonyl (C=O) groups is 1. The van der Waals surface area contributed by atoms with E-state index in [2.05, 4.69) is 20.7 Å². The van der Waals surface area contributed by atoms with Crippen LogP contribution in [0.3, 0.4) is 0 Å². The molecule has 1 aromatic carbocycles. The molecule has 1 aromatic heterocycles. The van der Waals surface area contributed by atoms with Gasteiger partial charge in [-0.05, 0) is 50.9 Å². The van der Waals surface area contributed by atoms with Crippen molar-refractivity contribution in [3.05, 3.63) is 41.5 Å². The predicted molar refractivity (Wildman–Crippen MR) is 84.7 cm³/mol. The molecule has 0 bridgehead atoms. The molecule has 0 aliphatic carbocycles. The number of hydrogen-bond acceptors (Lipinski definition) is 4. The molecule has 2 heterocycles. The summed E-state index contributed by atoms with van der Waals surface area (Å²) in [5.41, 5.74) is 1.91. The number of amides is 1. The van der Waals surface area contributed by atoms with Crippen molar-refractivity contribution in [3.63, 3.8) is 0 Å². The van der Waals surface area contributed by atoms with E-state index in [0.717, 1.165) is 42.3 Å². The van der Waals surface area contributed by atoms with Gasteiger partial charge in [0.1, 0.15) is 11.6 Å². The minimum Gasteiger partial charge on any atom is -0.325 e. The van der Waals surface area contributed by atoms with E-state index < -0.39 is 0 Å². The van der Waals surface area contributed by atoms with Gasteiger partial charge in [0.25, 0.3) is 0 Å². The molecule has 2 N–H and O–H groups in total. The van der Waals surface area contributed by atoms with E-state index >= 15 is 0 Å². The molecule has 1 unspecified atom stereocenters. The van der Waals surface area contributed by atoms with Crippen LogP contribution in [0.15, 0.2) is 24.3 Å². The third-order valence-electron chi connectivity index (χ3n) is 3.87. The standard InChI is InChI=1S/C16H21N5O/c1-11-18-12(2)21(20-11)10-13-5-3-6-14(9-13)19-16(22)15-7-4-8-17-15/h3,5-6,9,15,17H,4,7-8,10H2,1-2H3,(H,19,22). The van der Waals surface area contributed by atoms with Gasteiger partial charge in [-0.25, -0.2) is 9.67 Å². The molecule has 3 rings (SSSR count). The number of rotatable bonds is 4. The Hall–Kier alpha value is -2.21. The first-order chi connectivity index (χ1) is 10.6. The average Bonchev–Trinajstić information content (AvgIpc) is 3.10. The summed E-state index contributed by atoms with van der Waals surface area (Å²) in [5, 5.41) is 10.6. The van der Waals surface area contributed by atoms with Gasteiger partial charge in [0.05, 0.1) is 12.6 Å². The third-order valence-corrected chi connectivity index (χ3v) is 3.87. The Kier molecular flexibility index (Phi) is 4.20. The molecule has 6 nitrogen and oxygen atoms in total. The number of aryl methyl sites for hydroxylation is 2. The van der Waals surface area contributed by atoms with E-state index in [-0.39, 0.29) is 11.9 Å². The second-order valence-corrected chi connectivity index (χ2v) is 5.70. The number of carbonyl (C=O) groups excluding carboxylic acids is 1. The van der Waals surface area contributed by atoms with Gasteiger partial charge in [0.2, 0.25) is 5.91 Å². The normalized spacial score (nSPS) is 17.6. The second-order valence-electron chi connectivity index (χ2n) is 5.70. The van der Waals surface area contributed by atoms with Crippen LogP contribution in [-0.2, 0) is 11.3 Å². The number of anilines is 1. The van der Waals surface area contributed by atoms with Gasteiger partial charge in [-0.3, -0.25) is 4.79 Å². The molecule has 1 fully saturated rings. The van der Waals surface area contributed by atoms with Crippen molar-refractivity contribution >= 4 is 11.6 Å². The maximum atomic E-state index is 12.1. The highest BCUT2D eigenvalue weighted by atomic mass is 16.2. The molecule has 22 heavy (non-hydrogen) atoms. The first-order valence-electron chi connectivity index (χ1n) is 7.63. The smallest absolute Gasteiger partial charge is 0.241 e. The Bertz CT molecular complexity index is 673. The first-order valence-corrected chi connectivity index (χ1v) is 7.63. The minimum absolute atomic E-state index is 0.0439. The first kappa shape index (κ1) is 14.7. The molecule has 116 valence electrons. The fourth-order valence-electron chi connectivity index (χ4n) is 2.77. The monoisotopic (exact) mass is 299 g/mol. The zero-order valence-electron chi connectivity index (χ0n) is 13.0. The Morgan fingerprint density at radius 1 is 1.45 bits per heavy atom. The Morgan fingerprint density at radius 3 is 3.00 bits per heavy atom. The van der Waals surface area contributed by atoms with Gasteiger partial charge in [-0.15, -0.1) is 0 Å². The van der Waals surface area contributed by atoms with E-state index in [1.54, 1.807) is 0 Å². The Labute approximate surface area is 129 Å². The molecular formula is C16H21N5O. The largest absolute Gasteiger partial charge is 0.325 e. The van der Waals surface area contributed by atoms with Gasteiger partial charge in [0, 0.05) is 5.69 Å². The quantitative estimate of drug-likeness (QED) is 0.900. The molecule has 1 amide bonds. The molecule has 0 spiro atoms. The van der Waals surface area contributed by atoms with E-state index in [1.165, 1.54) is 0 Å². The highest BCUT2D eigenvalue weighted by molar-refractivity contribution is 5.95. The topological polar surface area (TPSA) is 71.8 Å². The Balaban J connectivity index is 1.69. The second kappa shape index (κ2) is 6.27. The van der Waals surface area contributed by atoms with Crippen LogP contribution in [-0.4, -0.2) is 33.3 Å². The van der Waals surface area contributed by atoms with E-state index in [0.29, 0.717) is 6.54 Å². The molecule has 1 aliphatic heterocycles. The van der Waals surface area contributed by atoms with Gasteiger partial charge < -0.3 is 10.6 Å². The summed E-state index contributed by atoms with van der Waals surface area (Å²) in [7, 11) is 0. The molecule has 1 atom stereocenters. The van der Waals surface area contributed by atoms with Gasteiger partial charge in [0.15, 0.2) is 0 Å². The maximum absolute atomic E-state index is 12.1. The summed E-state index contributed by atoms with van der Waals surface area (Å²) >= 11 is 0. The lowest BCUT2D eigenvalue weighted by atomic mass is 10.1. The molecule has 6 heteroatoms. The molecule has 0 saturated carbocycles. The van der Waals surface area contributed by atoms with Gasteiger partial charge in [-0.2, -0.15) is 5.10 Å². The van der Waals surface area contributed by atoms with Crippen molar-refractivity contribution in [1.82, 2.24) is 20.1 Å². The van der Waals surface area contributed by atoms with E-state index in [4.69, 9.17) is 0 Å². The fraction of sp³-hybridized carbons (Fsp3) is 0.438. The highest BCUT2D eigenvalue weighted by Gasteiger charge is 2.21. The van der Waals surface area contributed by atoms with Gasteiger partial charge in [-0.1, -0.05) is 12.1 Å². The molecule has 1 saturated heterocycles. The maximum Gasteiger partial charge on any atom is 0.241 e. The van der Waals surface area contributed by atoms with Crippen LogP contribution < -0.4 is 10.6 Å². The van der Waals surface area contributed by atoms with Crippen LogP contribution in [0.25, 0.3) is 0 Å². The minimum atomic E-state index is -0.0659. The summed E-state index contributed by atoms with van der Waals surface area (Å²) < 4.78 is 1.87. The van der Waals surface area contributed by atoms with Crippen molar-refractivity contribution in [3.8, 4) is 0 Å². The van der Waals surface area contributed by atoms with Crippen LogP contribution in [0, 0.1) is 13.8 Å². The molecule has 1 aliphatic rings. The molecule has 2 aromatic rings. The van der Waals surface area contributed by atoms with Crippen molar-refractivity contribution < 1.29 is 4.79 Å². The lowest BCUT2D eigenvalue weighted by Crippen LogP contribution is -2.35. The van der Waals surface area contributed by atoms with Crippen LogP contribution in [0.2, 0.25) is 0 Å². The van der Waals surface area contributed by atoms with Crippen molar-refractivity contribution in [2.24, 2.45) is 0 Å². The SMILES string of the molecule is Cc1nc(C)n(Cc2cccc(NC(=O)C3CCCN3)c2)n1. The lowest BCUT2D eigenvalue weighted by molar-refractivity contribution is -0.117. The van der Waals surface area contributed by atoms with Crippen molar-refractivity contribution in [2.75, 3.05) is 11.9 Å². The fourth-order valence-corrected chi connectivity index (χ4v) is 2.77. The van der Waals surface area contributed by atoms with Crippen molar-refractivity contribution in [1.29, 1.82) is 0 Å². The number of nitrogens with one attached hydrogen (secondary N) is 2. The van der Waals surface area contributed by atoms with Crippen molar-refractivity contribution in [2.45, 2.75) is 39.3 Å². The van der Waals surface area contributed by atoms with Crippen LogP contribution in [0.4, 0.5) is 5.69 Å². The average molecular weight is 299 g/mol. The highest BCUT2D eigenvalue weighted by Crippen LogP contribution is 2.14. The zero-order chi connectivity index (χ0) is 15.5. The summed E-state index contributed by atoms with van der Waals surface area (Å²) in [6, 6.07) is 7.81. The number of nitrogens with zero attached hydrogens (tertiary/aromatic N) is 3. The molecule has 0 radical (unpaired) electrons. The van der Waals surface area contributed by atoms with E-state index in [9.17, 15) is 4.79 Å². The summed E-state index contributed by atoms with van der Waals surface area (Å²) in [4.78, 5) is 16.4. The Morgan fingerprint density at radius 2 is 2.32 bits per heavy atom. The summed E-state index contributed by atoms with van der Waals surface area (Å²) in [5.74, 6) is 1.71. The van der Waals surface area contributed by atoms with E-state index in [1.807, 2.05) is 42.8 Å². The number of benzene rings is 1. The summed E-state index contributed by atoms with van der Waals surface area (Å²) in [6.07, 6.45) is 1.96. The van der Waals surface area contributed by atoms with Crippen LogP contribution >= 0.6 is 0 Å².